The van der Waals surface area contributed by atoms with Gasteiger partial charge in [-0.05, 0) is 62.8 Å². The number of aromatic nitrogens is 1. The van der Waals surface area contributed by atoms with Gasteiger partial charge in [0.05, 0.1) is 11.6 Å². The summed E-state index contributed by atoms with van der Waals surface area (Å²) in [4.78, 5) is 2.67. The molecular weight excluding hydrogens is 260 g/mol. The highest BCUT2D eigenvalue weighted by Gasteiger charge is 2.44. The maximum absolute atomic E-state index is 10.7. The van der Waals surface area contributed by atoms with Crippen LogP contribution >= 0.6 is 0 Å². The van der Waals surface area contributed by atoms with Crippen molar-refractivity contribution >= 4 is 10.9 Å². The summed E-state index contributed by atoms with van der Waals surface area (Å²) in [6, 6.07) is 7.25. The molecule has 110 valence electrons. The first-order chi connectivity index (χ1) is 10.2. The molecule has 3 aliphatic heterocycles. The Kier molecular flexibility index (Phi) is 2.40. The summed E-state index contributed by atoms with van der Waals surface area (Å²) in [6.07, 6.45) is 4.29. The first-order valence-corrected chi connectivity index (χ1v) is 8.29. The summed E-state index contributed by atoms with van der Waals surface area (Å²) in [6.45, 7) is 4.59. The minimum Gasteiger partial charge on any atom is -0.373 e. The Morgan fingerprint density at radius 2 is 2.14 bits per heavy atom. The van der Waals surface area contributed by atoms with Crippen LogP contribution in [0.3, 0.4) is 0 Å². The van der Waals surface area contributed by atoms with E-state index < -0.39 is 0 Å². The molecule has 0 amide bonds. The van der Waals surface area contributed by atoms with Crippen LogP contribution in [0.5, 0.6) is 0 Å². The summed E-state index contributed by atoms with van der Waals surface area (Å²) in [5, 5.41) is 12.1. The van der Waals surface area contributed by atoms with Gasteiger partial charge in [-0.2, -0.15) is 0 Å². The van der Waals surface area contributed by atoms with Crippen molar-refractivity contribution in [3.63, 3.8) is 0 Å². The molecule has 21 heavy (non-hydrogen) atoms. The molecule has 4 heterocycles. The second kappa shape index (κ2) is 4.11. The number of piperidine rings is 1. The molecule has 0 bridgehead atoms. The van der Waals surface area contributed by atoms with Gasteiger partial charge in [-0.15, -0.1) is 0 Å². The van der Waals surface area contributed by atoms with E-state index in [0.29, 0.717) is 12.0 Å². The first kappa shape index (κ1) is 12.2. The molecule has 2 aromatic rings. The van der Waals surface area contributed by atoms with Gasteiger partial charge in [0.25, 0.3) is 0 Å². The lowest BCUT2D eigenvalue weighted by molar-refractivity contribution is -0.0148. The third-order valence-electron chi connectivity index (χ3n) is 5.91. The highest BCUT2D eigenvalue weighted by molar-refractivity contribution is 5.87. The zero-order valence-electron chi connectivity index (χ0n) is 12.5. The maximum atomic E-state index is 10.7. The molecule has 0 aliphatic carbocycles. The minimum absolute atomic E-state index is 0.335. The average molecular weight is 282 g/mol. The Balaban J connectivity index is 1.85. The highest BCUT2D eigenvalue weighted by atomic mass is 16.3. The topological polar surface area (TPSA) is 28.4 Å². The van der Waals surface area contributed by atoms with E-state index in [1.165, 1.54) is 53.7 Å². The average Bonchev–Trinajstić information content (AvgIpc) is 2.81. The van der Waals surface area contributed by atoms with Crippen molar-refractivity contribution in [2.75, 3.05) is 13.1 Å². The van der Waals surface area contributed by atoms with Gasteiger partial charge in [0.15, 0.2) is 0 Å². The maximum Gasteiger partial charge on any atom is 0.131 e. The van der Waals surface area contributed by atoms with E-state index >= 15 is 0 Å². The number of aryl methyl sites for hydroxylation is 1. The van der Waals surface area contributed by atoms with Gasteiger partial charge in [0.1, 0.15) is 6.23 Å². The molecule has 0 spiro atoms. The monoisotopic (exact) mass is 282 g/mol. The molecule has 1 saturated heterocycles. The lowest BCUT2D eigenvalue weighted by atomic mass is 9.78. The normalized spacial score (nSPS) is 31.4. The van der Waals surface area contributed by atoms with E-state index in [-0.39, 0.29) is 6.23 Å². The summed E-state index contributed by atoms with van der Waals surface area (Å²) >= 11 is 0. The van der Waals surface area contributed by atoms with Gasteiger partial charge in [0, 0.05) is 17.6 Å². The van der Waals surface area contributed by atoms with E-state index in [2.05, 4.69) is 34.6 Å². The van der Waals surface area contributed by atoms with Crippen LogP contribution in [0, 0.1) is 12.8 Å². The molecule has 0 radical (unpaired) electrons. The number of nitrogens with zero attached hydrogens (tertiary/aromatic N) is 2. The third kappa shape index (κ3) is 1.51. The predicted molar refractivity (Wildman–Crippen MR) is 83.3 cm³/mol. The van der Waals surface area contributed by atoms with Crippen molar-refractivity contribution in [2.45, 2.75) is 44.9 Å². The van der Waals surface area contributed by atoms with Crippen molar-refractivity contribution in [1.29, 1.82) is 0 Å². The standard InChI is InChI=1S/C18H22N2O/c1-11-4-5-15-14(9-11)13-6-8-19-7-2-3-12-10-16(21)20(15)18(13)17(12)19/h4-5,9,12,16-17,21H,2-3,6-8,10H2,1H3/t12-,16?,17-/m1/s1. The number of benzene rings is 1. The largest absolute Gasteiger partial charge is 0.373 e. The number of aliphatic hydroxyl groups excluding tert-OH is 1. The molecule has 0 saturated carbocycles. The second-order valence-corrected chi connectivity index (χ2v) is 7.10. The van der Waals surface area contributed by atoms with Crippen molar-refractivity contribution in [3.05, 3.63) is 35.0 Å². The van der Waals surface area contributed by atoms with Crippen LogP contribution in [-0.4, -0.2) is 27.7 Å². The molecule has 1 unspecified atom stereocenters. The van der Waals surface area contributed by atoms with E-state index in [9.17, 15) is 5.11 Å². The van der Waals surface area contributed by atoms with Gasteiger partial charge in [-0.25, -0.2) is 0 Å². The van der Waals surface area contributed by atoms with Crippen LogP contribution in [-0.2, 0) is 6.42 Å². The van der Waals surface area contributed by atoms with E-state index in [1.54, 1.807) is 0 Å². The molecule has 1 aromatic heterocycles. The lowest BCUT2D eigenvalue weighted by Gasteiger charge is -2.48. The Hall–Kier alpha value is -1.32. The van der Waals surface area contributed by atoms with Gasteiger partial charge in [0.2, 0.25) is 0 Å². The van der Waals surface area contributed by atoms with Crippen molar-refractivity contribution in [1.82, 2.24) is 9.47 Å². The summed E-state index contributed by atoms with van der Waals surface area (Å²) in [5.41, 5.74) is 5.51. The fourth-order valence-corrected chi connectivity index (χ4v) is 5.10. The summed E-state index contributed by atoms with van der Waals surface area (Å²) in [7, 11) is 0. The molecular formula is C18H22N2O. The van der Waals surface area contributed by atoms with Crippen LogP contribution in [0.4, 0.5) is 0 Å². The lowest BCUT2D eigenvalue weighted by Crippen LogP contribution is -2.47. The Morgan fingerprint density at radius 1 is 1.24 bits per heavy atom. The van der Waals surface area contributed by atoms with Crippen LogP contribution in [0.2, 0.25) is 0 Å². The minimum atomic E-state index is -0.335. The van der Waals surface area contributed by atoms with Gasteiger partial charge in [-0.3, -0.25) is 4.90 Å². The predicted octanol–water partition coefficient (Wildman–Crippen LogP) is 3.15. The van der Waals surface area contributed by atoms with Crippen molar-refractivity contribution in [3.8, 4) is 0 Å². The van der Waals surface area contributed by atoms with Crippen LogP contribution in [0.25, 0.3) is 10.9 Å². The molecule has 3 atom stereocenters. The zero-order chi connectivity index (χ0) is 14.1. The van der Waals surface area contributed by atoms with E-state index in [0.717, 1.165) is 12.8 Å². The number of hydrogen-bond donors (Lipinski definition) is 1. The molecule has 3 heteroatoms. The van der Waals surface area contributed by atoms with E-state index in [1.807, 2.05) is 0 Å². The number of hydrogen-bond acceptors (Lipinski definition) is 2. The molecule has 1 N–H and O–H groups in total. The van der Waals surface area contributed by atoms with Crippen LogP contribution in [0.1, 0.15) is 48.4 Å². The summed E-state index contributed by atoms with van der Waals surface area (Å²) in [5.74, 6) is 0.644. The van der Waals surface area contributed by atoms with Crippen molar-refractivity contribution < 1.29 is 5.11 Å². The summed E-state index contributed by atoms with van der Waals surface area (Å²) < 4.78 is 2.25. The number of aliphatic hydroxyl groups is 1. The fraction of sp³-hybridized carbons (Fsp3) is 0.556. The SMILES string of the molecule is Cc1ccc2c(c1)c1c3n2C(O)C[C@H]2CCCN(CC1)[C@@H]32. The van der Waals surface area contributed by atoms with Crippen LogP contribution in [0.15, 0.2) is 18.2 Å². The Morgan fingerprint density at radius 3 is 3.05 bits per heavy atom. The molecule has 1 aromatic carbocycles. The Bertz CT molecular complexity index is 732. The van der Waals surface area contributed by atoms with Crippen LogP contribution < -0.4 is 0 Å². The smallest absolute Gasteiger partial charge is 0.131 e. The quantitative estimate of drug-likeness (QED) is 0.804. The fourth-order valence-electron chi connectivity index (χ4n) is 5.10. The van der Waals surface area contributed by atoms with Gasteiger partial charge < -0.3 is 9.67 Å². The second-order valence-electron chi connectivity index (χ2n) is 7.10. The zero-order valence-corrected chi connectivity index (χ0v) is 12.5. The first-order valence-electron chi connectivity index (χ1n) is 8.29. The third-order valence-corrected chi connectivity index (χ3v) is 5.91. The highest BCUT2D eigenvalue weighted by Crippen LogP contribution is 2.50. The molecule has 5 rings (SSSR count). The Labute approximate surface area is 125 Å². The van der Waals surface area contributed by atoms with Gasteiger partial charge >= 0.3 is 0 Å². The number of rotatable bonds is 0. The molecule has 1 fully saturated rings. The number of fused-ring (bicyclic) bond motifs is 3. The molecule has 3 nitrogen and oxygen atoms in total. The van der Waals surface area contributed by atoms with Crippen molar-refractivity contribution in [2.24, 2.45) is 5.92 Å². The van der Waals surface area contributed by atoms with Gasteiger partial charge in [-0.1, -0.05) is 11.6 Å². The van der Waals surface area contributed by atoms with E-state index in [4.69, 9.17) is 0 Å². The molecule has 3 aliphatic rings.